The van der Waals surface area contributed by atoms with Crippen molar-refractivity contribution < 1.29 is 9.47 Å². The average Bonchev–Trinajstić information content (AvgIpc) is 3.27. The third kappa shape index (κ3) is 3.31. The van der Waals surface area contributed by atoms with Crippen molar-refractivity contribution in [2.45, 2.75) is 13.5 Å². The van der Waals surface area contributed by atoms with Crippen LogP contribution in [0.2, 0.25) is 0 Å². The van der Waals surface area contributed by atoms with E-state index >= 15 is 0 Å². The molecule has 3 heterocycles. The Bertz CT molecular complexity index is 1360. The fourth-order valence-electron chi connectivity index (χ4n) is 3.46. The van der Waals surface area contributed by atoms with E-state index in [1.807, 2.05) is 60.1 Å². The van der Waals surface area contributed by atoms with Crippen molar-refractivity contribution in [2.24, 2.45) is 0 Å². The molecule has 0 radical (unpaired) electrons. The zero-order chi connectivity index (χ0) is 20.7. The number of nitrogens with two attached hydrogens (primary N) is 1. The van der Waals surface area contributed by atoms with Crippen LogP contribution in [-0.2, 0) is 6.54 Å². The highest BCUT2D eigenvalue weighted by Crippen LogP contribution is 2.34. The standard InChI is InChI=1S/C22H19N5O2S/c1-13-20-18(29-16-7-8-17-19(11-16)30-22(23)25-17)9-10-24-21(20)27(26-13)12-14-3-5-15(28-2)6-4-14/h3-11H,12H2,1-2H3,(H2,23,25). The molecule has 0 amide bonds. The molecule has 0 spiro atoms. The molecule has 3 aromatic heterocycles. The number of benzene rings is 2. The molecular formula is C22H19N5O2S. The van der Waals surface area contributed by atoms with Gasteiger partial charge in [-0.1, -0.05) is 23.5 Å². The zero-order valence-electron chi connectivity index (χ0n) is 16.5. The van der Waals surface area contributed by atoms with Crippen LogP contribution in [-0.4, -0.2) is 26.9 Å². The number of aryl methyl sites for hydroxylation is 1. The van der Waals surface area contributed by atoms with Crippen LogP contribution >= 0.6 is 11.3 Å². The van der Waals surface area contributed by atoms with E-state index in [0.717, 1.165) is 49.8 Å². The molecular weight excluding hydrogens is 398 g/mol. The summed E-state index contributed by atoms with van der Waals surface area (Å²) in [5.41, 5.74) is 9.44. The average molecular weight is 417 g/mol. The molecule has 7 nitrogen and oxygen atoms in total. The highest BCUT2D eigenvalue weighted by atomic mass is 32.1. The summed E-state index contributed by atoms with van der Waals surface area (Å²) in [6.07, 6.45) is 1.74. The van der Waals surface area contributed by atoms with Gasteiger partial charge in [0.05, 0.1) is 35.0 Å². The Morgan fingerprint density at radius 1 is 1.07 bits per heavy atom. The van der Waals surface area contributed by atoms with Crippen LogP contribution in [0.15, 0.2) is 54.7 Å². The number of aromatic nitrogens is 4. The molecule has 0 saturated carbocycles. The number of methoxy groups -OCH3 is 1. The van der Waals surface area contributed by atoms with Crippen LogP contribution in [0.4, 0.5) is 5.13 Å². The minimum absolute atomic E-state index is 0.545. The van der Waals surface area contributed by atoms with Crippen LogP contribution in [0, 0.1) is 6.92 Å². The summed E-state index contributed by atoms with van der Waals surface area (Å²) in [5, 5.41) is 6.15. The van der Waals surface area contributed by atoms with Gasteiger partial charge >= 0.3 is 0 Å². The topological polar surface area (TPSA) is 88.1 Å². The summed E-state index contributed by atoms with van der Waals surface area (Å²) in [6.45, 7) is 2.57. The van der Waals surface area contributed by atoms with Gasteiger partial charge in [-0.3, -0.25) is 0 Å². The van der Waals surface area contributed by atoms with Crippen LogP contribution in [0.3, 0.4) is 0 Å². The lowest BCUT2D eigenvalue weighted by Gasteiger charge is -2.08. The first-order chi connectivity index (χ1) is 14.6. The number of hydrogen-bond donors (Lipinski definition) is 1. The fourth-order valence-corrected chi connectivity index (χ4v) is 4.22. The fraction of sp³-hybridized carbons (Fsp3) is 0.136. The lowest BCUT2D eigenvalue weighted by molar-refractivity contribution is 0.414. The summed E-state index contributed by atoms with van der Waals surface area (Å²) in [4.78, 5) is 8.85. The second-order valence-corrected chi connectivity index (χ2v) is 7.94. The normalized spacial score (nSPS) is 11.3. The van der Waals surface area contributed by atoms with E-state index in [9.17, 15) is 0 Å². The van der Waals surface area contributed by atoms with Gasteiger partial charge in [0, 0.05) is 12.3 Å². The molecule has 0 aliphatic heterocycles. The molecule has 0 atom stereocenters. The highest BCUT2D eigenvalue weighted by Gasteiger charge is 2.15. The second-order valence-electron chi connectivity index (χ2n) is 6.88. The minimum atomic E-state index is 0.545. The van der Waals surface area contributed by atoms with Crippen molar-refractivity contribution in [2.75, 3.05) is 12.8 Å². The van der Waals surface area contributed by atoms with Crippen LogP contribution in [0.25, 0.3) is 21.3 Å². The third-order valence-electron chi connectivity index (χ3n) is 4.87. The summed E-state index contributed by atoms with van der Waals surface area (Å²) >= 11 is 1.44. The largest absolute Gasteiger partial charge is 0.497 e. The van der Waals surface area contributed by atoms with Gasteiger partial charge in [0.1, 0.15) is 17.2 Å². The van der Waals surface area contributed by atoms with Gasteiger partial charge in [-0.25, -0.2) is 14.6 Å². The Hall–Kier alpha value is -3.65. The minimum Gasteiger partial charge on any atom is -0.497 e. The van der Waals surface area contributed by atoms with E-state index in [0.29, 0.717) is 11.7 Å². The Labute approximate surface area is 176 Å². The van der Waals surface area contributed by atoms with Crippen molar-refractivity contribution in [1.82, 2.24) is 19.7 Å². The summed E-state index contributed by atoms with van der Waals surface area (Å²) in [6, 6.07) is 15.6. The Morgan fingerprint density at radius 3 is 2.67 bits per heavy atom. The van der Waals surface area contributed by atoms with Gasteiger partial charge in [-0.2, -0.15) is 5.10 Å². The Morgan fingerprint density at radius 2 is 1.87 bits per heavy atom. The maximum Gasteiger partial charge on any atom is 0.181 e. The molecule has 0 fully saturated rings. The predicted octanol–water partition coefficient (Wildman–Crippen LogP) is 4.78. The van der Waals surface area contributed by atoms with E-state index in [2.05, 4.69) is 9.97 Å². The van der Waals surface area contributed by atoms with E-state index in [4.69, 9.17) is 20.3 Å². The first-order valence-electron chi connectivity index (χ1n) is 9.39. The van der Waals surface area contributed by atoms with Gasteiger partial charge in [-0.05, 0) is 42.8 Å². The number of nitrogen functional groups attached to an aromatic ring is 1. The number of nitrogens with zero attached hydrogens (tertiary/aromatic N) is 4. The molecule has 0 bridgehead atoms. The summed E-state index contributed by atoms with van der Waals surface area (Å²) in [5.74, 6) is 2.27. The number of rotatable bonds is 5. The van der Waals surface area contributed by atoms with E-state index in [-0.39, 0.29) is 0 Å². The maximum absolute atomic E-state index is 6.21. The molecule has 0 unspecified atom stereocenters. The van der Waals surface area contributed by atoms with Gasteiger partial charge in [0.15, 0.2) is 10.8 Å². The Balaban J connectivity index is 1.49. The van der Waals surface area contributed by atoms with Crippen molar-refractivity contribution in [3.63, 3.8) is 0 Å². The predicted molar refractivity (Wildman–Crippen MR) is 118 cm³/mol. The van der Waals surface area contributed by atoms with Gasteiger partial charge in [0.25, 0.3) is 0 Å². The highest BCUT2D eigenvalue weighted by molar-refractivity contribution is 7.22. The summed E-state index contributed by atoms with van der Waals surface area (Å²) < 4.78 is 14.3. The lowest BCUT2D eigenvalue weighted by atomic mass is 10.2. The summed E-state index contributed by atoms with van der Waals surface area (Å²) in [7, 11) is 1.66. The Kier molecular flexibility index (Phi) is 4.48. The molecule has 5 aromatic rings. The lowest BCUT2D eigenvalue weighted by Crippen LogP contribution is -2.02. The third-order valence-corrected chi connectivity index (χ3v) is 5.71. The second kappa shape index (κ2) is 7.31. The number of hydrogen-bond acceptors (Lipinski definition) is 7. The molecule has 0 aliphatic carbocycles. The quantitative estimate of drug-likeness (QED) is 0.443. The number of pyridine rings is 1. The van der Waals surface area contributed by atoms with E-state index in [1.165, 1.54) is 11.3 Å². The van der Waals surface area contributed by atoms with Gasteiger partial charge < -0.3 is 15.2 Å². The van der Waals surface area contributed by atoms with Crippen molar-refractivity contribution in [3.05, 3.63) is 66.0 Å². The van der Waals surface area contributed by atoms with E-state index < -0.39 is 0 Å². The molecule has 8 heteroatoms. The van der Waals surface area contributed by atoms with Gasteiger partial charge in [0.2, 0.25) is 0 Å². The number of anilines is 1. The number of ether oxygens (including phenoxy) is 2. The molecule has 150 valence electrons. The molecule has 0 aliphatic rings. The monoisotopic (exact) mass is 417 g/mol. The number of thiazole rings is 1. The molecule has 2 aromatic carbocycles. The molecule has 2 N–H and O–H groups in total. The first kappa shape index (κ1) is 18.4. The molecule has 5 rings (SSSR count). The molecule has 0 saturated heterocycles. The van der Waals surface area contributed by atoms with Crippen molar-refractivity contribution in [3.8, 4) is 17.2 Å². The smallest absolute Gasteiger partial charge is 0.181 e. The molecule has 30 heavy (non-hydrogen) atoms. The van der Waals surface area contributed by atoms with Crippen LogP contribution in [0.5, 0.6) is 17.2 Å². The van der Waals surface area contributed by atoms with Gasteiger partial charge in [-0.15, -0.1) is 0 Å². The van der Waals surface area contributed by atoms with E-state index in [1.54, 1.807) is 13.3 Å². The maximum atomic E-state index is 6.21. The van der Waals surface area contributed by atoms with Crippen LogP contribution in [0.1, 0.15) is 11.3 Å². The van der Waals surface area contributed by atoms with Crippen molar-refractivity contribution >= 4 is 37.7 Å². The van der Waals surface area contributed by atoms with Crippen LogP contribution < -0.4 is 15.2 Å². The zero-order valence-corrected chi connectivity index (χ0v) is 17.3. The first-order valence-corrected chi connectivity index (χ1v) is 10.2. The van der Waals surface area contributed by atoms with Crippen molar-refractivity contribution in [1.29, 1.82) is 0 Å². The SMILES string of the molecule is COc1ccc(Cn2nc(C)c3c(Oc4ccc5nc(N)sc5c4)ccnc32)cc1. The number of fused-ring (bicyclic) bond motifs is 2.